The lowest BCUT2D eigenvalue weighted by Crippen LogP contribution is -2.25. The Kier molecular flexibility index (Phi) is 5.78. The van der Waals surface area contributed by atoms with Gasteiger partial charge in [0.15, 0.2) is 0 Å². The fraction of sp³-hybridized carbons (Fsp3) is 0.0909. The van der Waals surface area contributed by atoms with Crippen molar-refractivity contribution in [1.82, 2.24) is 10.6 Å². The number of amides is 1. The van der Waals surface area contributed by atoms with Crippen molar-refractivity contribution in [2.75, 3.05) is 6.54 Å². The number of carbonyl (C=O) groups is 1. The fourth-order valence-electron chi connectivity index (χ4n) is 1.14. The predicted molar refractivity (Wildman–Crippen MR) is 66.4 cm³/mol. The minimum absolute atomic E-state index is 0.130. The first-order valence-electron chi connectivity index (χ1n) is 5.06. The van der Waals surface area contributed by atoms with E-state index in [0.717, 1.165) is 11.8 Å². The number of nitroso groups, excluding NO2 is 1. The van der Waals surface area contributed by atoms with Crippen molar-refractivity contribution in [2.24, 2.45) is 10.4 Å². The molecule has 7 nitrogen and oxygen atoms in total. The number of benzene rings is 1. The molecule has 0 aliphatic carbocycles. The zero-order valence-electron chi connectivity index (χ0n) is 9.43. The smallest absolute Gasteiger partial charge is 0.269 e. The van der Waals surface area contributed by atoms with Crippen molar-refractivity contribution < 1.29 is 10.0 Å². The van der Waals surface area contributed by atoms with Gasteiger partial charge in [0.25, 0.3) is 5.91 Å². The van der Waals surface area contributed by atoms with E-state index in [1.807, 2.05) is 30.3 Å². The highest BCUT2D eigenvalue weighted by molar-refractivity contribution is 5.92. The van der Waals surface area contributed by atoms with Crippen molar-refractivity contribution in [3.63, 3.8) is 0 Å². The second-order valence-electron chi connectivity index (χ2n) is 3.16. The van der Waals surface area contributed by atoms with Crippen LogP contribution in [-0.2, 0) is 4.79 Å². The van der Waals surface area contributed by atoms with Gasteiger partial charge in [-0.25, -0.2) is 0 Å². The van der Waals surface area contributed by atoms with Crippen LogP contribution in [0.5, 0.6) is 0 Å². The van der Waals surface area contributed by atoms with E-state index in [0.29, 0.717) is 5.01 Å². The molecule has 0 aliphatic heterocycles. The Hall–Kier alpha value is -2.54. The van der Waals surface area contributed by atoms with Gasteiger partial charge < -0.3 is 0 Å². The lowest BCUT2D eigenvalue weighted by Gasteiger charge is -2.06. The first kappa shape index (κ1) is 13.5. The van der Waals surface area contributed by atoms with Crippen LogP contribution in [-0.4, -0.2) is 28.9 Å². The molecule has 0 unspecified atom stereocenters. The summed E-state index contributed by atoms with van der Waals surface area (Å²) in [5, 5.41) is 14.6. The number of nitrogens with zero attached hydrogens (tertiary/aromatic N) is 3. The molecule has 0 heterocycles. The molecule has 1 aromatic rings. The molecule has 7 heteroatoms. The fourth-order valence-corrected chi connectivity index (χ4v) is 1.14. The highest BCUT2D eigenvalue weighted by Crippen LogP contribution is 2.02. The maximum atomic E-state index is 11.5. The normalized spacial score (nSPS) is 10.7. The third kappa shape index (κ3) is 4.54. The van der Waals surface area contributed by atoms with E-state index in [9.17, 15) is 9.70 Å². The molecule has 1 rings (SSSR count). The zero-order chi connectivity index (χ0) is 13.2. The standard InChI is InChI=1S/C11H12N4O3/c16-11(15(14-18)9-8-12-13-17)7-6-10-4-2-1-3-5-10/h1-8,13,17H,9H2. The molecule has 0 saturated heterocycles. The van der Waals surface area contributed by atoms with Crippen molar-refractivity contribution in [2.45, 2.75) is 0 Å². The zero-order valence-corrected chi connectivity index (χ0v) is 9.43. The lowest BCUT2D eigenvalue weighted by molar-refractivity contribution is -0.125. The van der Waals surface area contributed by atoms with Crippen LogP contribution < -0.4 is 5.59 Å². The van der Waals surface area contributed by atoms with E-state index in [1.165, 1.54) is 11.7 Å². The summed E-state index contributed by atoms with van der Waals surface area (Å²) in [6.07, 6.45) is 3.94. The van der Waals surface area contributed by atoms with Crippen molar-refractivity contribution >= 4 is 18.2 Å². The van der Waals surface area contributed by atoms with Crippen LogP contribution in [0.2, 0.25) is 0 Å². The number of hydrogen-bond donors (Lipinski definition) is 2. The van der Waals surface area contributed by atoms with Gasteiger partial charge in [-0.15, -0.1) is 4.91 Å². The average Bonchev–Trinajstić information content (AvgIpc) is 2.42. The van der Waals surface area contributed by atoms with Gasteiger partial charge in [-0.2, -0.15) is 15.7 Å². The highest BCUT2D eigenvalue weighted by atomic mass is 16.5. The third-order valence-corrected chi connectivity index (χ3v) is 1.97. The van der Waals surface area contributed by atoms with Crippen molar-refractivity contribution in [1.29, 1.82) is 0 Å². The Balaban J connectivity index is 2.60. The molecule has 1 aromatic carbocycles. The van der Waals surface area contributed by atoms with Gasteiger partial charge in [-0.1, -0.05) is 30.3 Å². The highest BCUT2D eigenvalue weighted by Gasteiger charge is 2.08. The van der Waals surface area contributed by atoms with Crippen LogP contribution in [0.15, 0.2) is 46.8 Å². The molecule has 94 valence electrons. The summed E-state index contributed by atoms with van der Waals surface area (Å²) < 4.78 is 0. The van der Waals surface area contributed by atoms with Crippen LogP contribution in [0.3, 0.4) is 0 Å². The maximum absolute atomic E-state index is 11.5. The molecule has 0 atom stereocenters. The van der Waals surface area contributed by atoms with Crippen LogP contribution in [0.4, 0.5) is 0 Å². The second-order valence-corrected chi connectivity index (χ2v) is 3.16. The SMILES string of the molecule is O=NN(CC=NNO)C(=O)C=Cc1ccccc1. The molecule has 0 bridgehead atoms. The number of nitrogens with one attached hydrogen (secondary N) is 1. The van der Waals surface area contributed by atoms with Crippen LogP contribution >= 0.6 is 0 Å². The molecule has 0 fully saturated rings. The molecule has 0 aromatic heterocycles. The van der Waals surface area contributed by atoms with Gasteiger partial charge >= 0.3 is 0 Å². The van der Waals surface area contributed by atoms with Gasteiger partial charge in [0.05, 0.1) is 11.8 Å². The molecule has 1 amide bonds. The Morgan fingerprint density at radius 2 is 2.11 bits per heavy atom. The topological polar surface area (TPSA) is 94.4 Å². The lowest BCUT2D eigenvalue weighted by atomic mass is 10.2. The average molecular weight is 248 g/mol. The van der Waals surface area contributed by atoms with E-state index in [-0.39, 0.29) is 6.54 Å². The van der Waals surface area contributed by atoms with E-state index in [2.05, 4.69) is 10.4 Å². The van der Waals surface area contributed by atoms with Crippen LogP contribution in [0.25, 0.3) is 6.08 Å². The largest absolute Gasteiger partial charge is 0.274 e. The van der Waals surface area contributed by atoms with Gasteiger partial charge in [-0.3, -0.25) is 10.0 Å². The summed E-state index contributed by atoms with van der Waals surface area (Å²) in [5.41, 5.74) is 2.35. The van der Waals surface area contributed by atoms with Gasteiger partial charge in [0, 0.05) is 12.3 Å². The molecule has 0 spiro atoms. The van der Waals surface area contributed by atoms with Crippen LogP contribution in [0, 0.1) is 4.91 Å². The Morgan fingerprint density at radius 1 is 1.39 bits per heavy atom. The summed E-state index contributed by atoms with van der Waals surface area (Å²) in [6.45, 7) is -0.130. The predicted octanol–water partition coefficient (Wildman–Crippen LogP) is 1.17. The van der Waals surface area contributed by atoms with E-state index < -0.39 is 5.91 Å². The second kappa shape index (κ2) is 7.69. The molecule has 2 N–H and O–H groups in total. The maximum Gasteiger partial charge on any atom is 0.269 e. The Morgan fingerprint density at radius 3 is 2.72 bits per heavy atom. The number of rotatable bonds is 6. The number of hydrogen-bond acceptors (Lipinski definition) is 6. The Labute approximate surface area is 103 Å². The van der Waals surface area contributed by atoms with Gasteiger partial charge in [0.1, 0.15) is 0 Å². The summed E-state index contributed by atoms with van der Waals surface area (Å²) >= 11 is 0. The monoisotopic (exact) mass is 248 g/mol. The minimum atomic E-state index is -0.571. The van der Waals surface area contributed by atoms with E-state index in [4.69, 9.17) is 5.21 Å². The summed E-state index contributed by atoms with van der Waals surface area (Å²) in [7, 11) is 0. The van der Waals surface area contributed by atoms with E-state index in [1.54, 1.807) is 6.08 Å². The molecule has 0 aliphatic rings. The quantitative estimate of drug-likeness (QED) is 0.342. The van der Waals surface area contributed by atoms with Crippen LogP contribution in [0.1, 0.15) is 5.56 Å². The van der Waals surface area contributed by atoms with Crippen molar-refractivity contribution in [3.8, 4) is 0 Å². The summed E-state index contributed by atoms with van der Waals surface area (Å²) in [4.78, 5) is 22.0. The number of hydrazone groups is 1. The first-order valence-corrected chi connectivity index (χ1v) is 5.06. The summed E-state index contributed by atoms with van der Waals surface area (Å²) in [6, 6.07) is 9.16. The molecular formula is C11H12N4O3. The Bertz CT molecular complexity index is 445. The molecule has 0 saturated carbocycles. The van der Waals surface area contributed by atoms with E-state index >= 15 is 0 Å². The van der Waals surface area contributed by atoms with Gasteiger partial charge in [0.2, 0.25) is 0 Å². The van der Waals surface area contributed by atoms with Crippen molar-refractivity contribution in [3.05, 3.63) is 46.9 Å². The minimum Gasteiger partial charge on any atom is -0.274 e. The molecular weight excluding hydrogens is 236 g/mol. The number of carbonyl (C=O) groups excluding carboxylic acids is 1. The van der Waals surface area contributed by atoms with Gasteiger partial charge in [-0.05, 0) is 11.6 Å². The third-order valence-electron chi connectivity index (χ3n) is 1.97. The molecule has 18 heavy (non-hydrogen) atoms. The molecule has 0 radical (unpaired) electrons. The summed E-state index contributed by atoms with van der Waals surface area (Å²) in [5.74, 6) is -0.571. The first-order chi connectivity index (χ1) is 8.77.